The van der Waals surface area contributed by atoms with E-state index in [2.05, 4.69) is 43.1 Å². The standard InChI is InChI=1S/C18H23NO2.BrH/c1-3-18-10-16-12(17(20)21)9-14(18)15(19(16)2)8-11-6-4-5-7-13(11)18;/h4-7,12,14-16H,3,8-10H2,1-2H3,(H,20,21);1H/t12?,14?,15?,16?,18-;/m1./s1. The number of rotatable bonds is 2. The van der Waals surface area contributed by atoms with Crippen molar-refractivity contribution < 1.29 is 9.90 Å². The van der Waals surface area contributed by atoms with Crippen LogP contribution in [-0.2, 0) is 16.6 Å². The summed E-state index contributed by atoms with van der Waals surface area (Å²) in [5, 5.41) is 9.57. The van der Waals surface area contributed by atoms with E-state index in [-0.39, 0.29) is 34.4 Å². The maximum atomic E-state index is 11.6. The third kappa shape index (κ3) is 1.86. The van der Waals surface area contributed by atoms with Crippen molar-refractivity contribution in [1.29, 1.82) is 0 Å². The Kier molecular flexibility index (Phi) is 3.89. The Morgan fingerprint density at radius 3 is 2.77 bits per heavy atom. The van der Waals surface area contributed by atoms with Gasteiger partial charge in [0, 0.05) is 17.5 Å². The molecule has 2 saturated heterocycles. The molecule has 0 radical (unpaired) electrons. The van der Waals surface area contributed by atoms with Gasteiger partial charge in [-0.15, -0.1) is 17.0 Å². The molecule has 0 amide bonds. The van der Waals surface area contributed by atoms with Gasteiger partial charge in [-0.3, -0.25) is 9.69 Å². The lowest BCUT2D eigenvalue weighted by molar-refractivity contribution is -0.159. The van der Waals surface area contributed by atoms with E-state index in [0.29, 0.717) is 12.0 Å². The Balaban J connectivity index is 0.00000144. The quantitative estimate of drug-likeness (QED) is 0.874. The molecule has 5 atom stereocenters. The fourth-order valence-electron chi connectivity index (χ4n) is 5.67. The Bertz CT molecular complexity index is 605. The van der Waals surface area contributed by atoms with E-state index in [1.807, 2.05) is 0 Å². The third-order valence-corrected chi connectivity index (χ3v) is 6.70. The van der Waals surface area contributed by atoms with Crippen LogP contribution in [0.3, 0.4) is 0 Å². The Hall–Kier alpha value is -0.870. The molecule has 1 aromatic rings. The van der Waals surface area contributed by atoms with Crippen LogP contribution in [0.1, 0.15) is 37.3 Å². The zero-order valence-electron chi connectivity index (χ0n) is 13.2. The number of nitrogens with zero attached hydrogens (tertiary/aromatic N) is 1. The zero-order chi connectivity index (χ0) is 14.8. The van der Waals surface area contributed by atoms with Gasteiger partial charge < -0.3 is 5.11 Å². The molecule has 2 aliphatic carbocycles. The van der Waals surface area contributed by atoms with Crippen molar-refractivity contribution in [3.8, 4) is 0 Å². The van der Waals surface area contributed by atoms with E-state index in [1.54, 1.807) is 0 Å². The van der Waals surface area contributed by atoms with Crippen LogP contribution in [0.4, 0.5) is 0 Å². The van der Waals surface area contributed by atoms with Gasteiger partial charge in [-0.05, 0) is 49.8 Å². The second-order valence-corrected chi connectivity index (χ2v) is 7.16. The summed E-state index contributed by atoms with van der Waals surface area (Å²) in [4.78, 5) is 14.0. The minimum Gasteiger partial charge on any atom is -0.481 e. The number of likely N-dealkylation sites (N-methyl/N-ethyl adjacent to an activating group) is 1. The predicted octanol–water partition coefficient (Wildman–Crippen LogP) is 3.26. The first kappa shape index (κ1) is 16.0. The number of fused-ring (bicyclic) bond motifs is 2. The lowest BCUT2D eigenvalue weighted by Gasteiger charge is -2.64. The van der Waals surface area contributed by atoms with E-state index >= 15 is 0 Å². The van der Waals surface area contributed by atoms with E-state index in [9.17, 15) is 9.90 Å². The normalized spacial score (nSPS) is 39.0. The fraction of sp³-hybridized carbons (Fsp3) is 0.611. The third-order valence-electron chi connectivity index (χ3n) is 6.70. The topological polar surface area (TPSA) is 40.5 Å². The minimum atomic E-state index is -0.603. The Morgan fingerprint density at radius 2 is 2.09 bits per heavy atom. The summed E-state index contributed by atoms with van der Waals surface area (Å²) < 4.78 is 0. The first-order valence-corrected chi connectivity index (χ1v) is 8.11. The van der Waals surface area contributed by atoms with Gasteiger partial charge >= 0.3 is 5.97 Å². The van der Waals surface area contributed by atoms with Gasteiger partial charge in [0.2, 0.25) is 0 Å². The zero-order valence-corrected chi connectivity index (χ0v) is 14.9. The monoisotopic (exact) mass is 365 g/mol. The van der Waals surface area contributed by atoms with Gasteiger partial charge in [-0.2, -0.15) is 0 Å². The molecule has 0 aromatic heterocycles. The smallest absolute Gasteiger partial charge is 0.308 e. The van der Waals surface area contributed by atoms with E-state index in [4.69, 9.17) is 0 Å². The molecule has 4 aliphatic rings. The molecule has 22 heavy (non-hydrogen) atoms. The van der Waals surface area contributed by atoms with Crippen molar-refractivity contribution in [2.75, 3.05) is 7.05 Å². The van der Waals surface area contributed by atoms with E-state index < -0.39 is 5.97 Å². The lowest BCUT2D eigenvalue weighted by atomic mass is 9.48. The molecule has 0 spiro atoms. The van der Waals surface area contributed by atoms with Crippen LogP contribution >= 0.6 is 17.0 Å². The number of hydrogen-bond donors (Lipinski definition) is 1. The highest BCUT2D eigenvalue weighted by molar-refractivity contribution is 8.93. The van der Waals surface area contributed by atoms with Crippen LogP contribution in [-0.4, -0.2) is 35.1 Å². The summed E-state index contributed by atoms with van der Waals surface area (Å²) in [6.07, 6.45) is 4.08. The highest BCUT2D eigenvalue weighted by atomic mass is 79.9. The van der Waals surface area contributed by atoms with Crippen LogP contribution < -0.4 is 0 Å². The number of carboxylic acid groups (broad SMARTS) is 1. The second-order valence-electron chi connectivity index (χ2n) is 7.16. The van der Waals surface area contributed by atoms with Crippen molar-refractivity contribution in [1.82, 2.24) is 4.90 Å². The van der Waals surface area contributed by atoms with Gasteiger partial charge in [0.05, 0.1) is 5.92 Å². The molecule has 1 aromatic carbocycles. The van der Waals surface area contributed by atoms with Gasteiger partial charge in [-0.25, -0.2) is 0 Å². The molecule has 1 N–H and O–H groups in total. The summed E-state index contributed by atoms with van der Waals surface area (Å²) in [5.41, 5.74) is 3.21. The largest absolute Gasteiger partial charge is 0.481 e. The average molecular weight is 366 g/mol. The van der Waals surface area contributed by atoms with Crippen molar-refractivity contribution in [2.45, 2.75) is 50.1 Å². The fourth-order valence-corrected chi connectivity index (χ4v) is 5.67. The molecular formula is C18H24BrNO2. The first-order valence-electron chi connectivity index (χ1n) is 8.11. The number of piperidine rings is 2. The molecule has 4 bridgehead atoms. The Labute approximate surface area is 142 Å². The van der Waals surface area contributed by atoms with Crippen LogP contribution in [0.2, 0.25) is 0 Å². The van der Waals surface area contributed by atoms with Crippen molar-refractivity contribution in [3.63, 3.8) is 0 Å². The van der Waals surface area contributed by atoms with Crippen molar-refractivity contribution >= 4 is 23.0 Å². The van der Waals surface area contributed by atoms with Gasteiger partial charge in [0.15, 0.2) is 0 Å². The molecule has 3 nitrogen and oxygen atoms in total. The highest BCUT2D eigenvalue weighted by Gasteiger charge is 2.61. The number of carbonyl (C=O) groups is 1. The minimum absolute atomic E-state index is 0. The van der Waals surface area contributed by atoms with Crippen molar-refractivity contribution in [3.05, 3.63) is 35.4 Å². The van der Waals surface area contributed by atoms with E-state index in [0.717, 1.165) is 25.7 Å². The predicted molar refractivity (Wildman–Crippen MR) is 91.6 cm³/mol. The second kappa shape index (κ2) is 5.34. The summed E-state index contributed by atoms with van der Waals surface area (Å²) in [7, 11) is 2.14. The van der Waals surface area contributed by atoms with Crippen LogP contribution in [0.25, 0.3) is 0 Å². The maximum Gasteiger partial charge on any atom is 0.308 e. The van der Waals surface area contributed by atoms with Crippen molar-refractivity contribution in [2.24, 2.45) is 11.8 Å². The Morgan fingerprint density at radius 1 is 1.36 bits per heavy atom. The number of halogens is 1. The van der Waals surface area contributed by atoms with Gasteiger partial charge in [0.25, 0.3) is 0 Å². The summed E-state index contributed by atoms with van der Waals surface area (Å²) >= 11 is 0. The average Bonchev–Trinajstić information content (AvgIpc) is 2.50. The van der Waals surface area contributed by atoms with Crippen LogP contribution in [0, 0.1) is 11.8 Å². The first-order chi connectivity index (χ1) is 10.1. The van der Waals surface area contributed by atoms with Gasteiger partial charge in [-0.1, -0.05) is 31.2 Å². The molecule has 120 valence electrons. The number of carboxylic acids is 1. The van der Waals surface area contributed by atoms with Gasteiger partial charge in [0.1, 0.15) is 0 Å². The summed E-state index contributed by atoms with van der Waals surface area (Å²) in [5.74, 6) is -0.288. The lowest BCUT2D eigenvalue weighted by Crippen LogP contribution is -2.69. The molecule has 1 saturated carbocycles. The number of hydrogen-bond acceptors (Lipinski definition) is 2. The maximum absolute atomic E-state index is 11.6. The van der Waals surface area contributed by atoms with E-state index in [1.165, 1.54) is 11.1 Å². The molecule has 5 rings (SSSR count). The SMILES string of the molecule is Br.CC[C@]12CC3C(C(=O)O)CC1C(Cc1ccccc12)N3C. The van der Waals surface area contributed by atoms with Crippen LogP contribution in [0.15, 0.2) is 24.3 Å². The number of benzene rings is 1. The molecule has 2 heterocycles. The van der Waals surface area contributed by atoms with Crippen LogP contribution in [0.5, 0.6) is 0 Å². The number of aliphatic carboxylic acids is 1. The molecule has 4 unspecified atom stereocenters. The molecule has 4 heteroatoms. The molecular weight excluding hydrogens is 342 g/mol. The molecule has 3 fully saturated rings. The molecule has 2 aliphatic heterocycles. The highest BCUT2D eigenvalue weighted by Crippen LogP contribution is 2.59. The summed E-state index contributed by atoms with van der Waals surface area (Å²) in [6.45, 7) is 2.29. The summed E-state index contributed by atoms with van der Waals surface area (Å²) in [6, 6.07) is 9.58.